The summed E-state index contributed by atoms with van der Waals surface area (Å²) in [5, 5.41) is 7.41. The van der Waals surface area contributed by atoms with Crippen molar-refractivity contribution in [3.05, 3.63) is 48.2 Å². The lowest BCUT2D eigenvalue weighted by atomic mass is 10.1. The Balaban J connectivity index is 1.28. The summed E-state index contributed by atoms with van der Waals surface area (Å²) >= 11 is 0. The lowest BCUT2D eigenvalue weighted by Crippen LogP contribution is -2.23. The summed E-state index contributed by atoms with van der Waals surface area (Å²) in [6, 6.07) is 9.67. The van der Waals surface area contributed by atoms with Gasteiger partial charge in [0.25, 0.3) is 0 Å². The maximum atomic E-state index is 5.34. The molecule has 0 amide bonds. The molecule has 1 saturated heterocycles. The van der Waals surface area contributed by atoms with Crippen LogP contribution in [0.1, 0.15) is 18.0 Å². The van der Waals surface area contributed by atoms with Crippen molar-refractivity contribution < 1.29 is 8.94 Å². The first-order valence-corrected chi connectivity index (χ1v) is 8.52. The van der Waals surface area contributed by atoms with Crippen molar-refractivity contribution >= 4 is 5.82 Å². The SMILES string of the molecule is Cc1cccc(NCC2CCN(Cc3nc(-c4ccco4)no3)C2)n1. The molecule has 0 aromatic carbocycles. The van der Waals surface area contributed by atoms with Gasteiger partial charge in [-0.25, -0.2) is 4.98 Å². The van der Waals surface area contributed by atoms with Crippen LogP contribution in [0, 0.1) is 12.8 Å². The summed E-state index contributed by atoms with van der Waals surface area (Å²) in [6.45, 7) is 5.65. The van der Waals surface area contributed by atoms with Gasteiger partial charge in [0.15, 0.2) is 5.76 Å². The molecule has 0 spiro atoms. The zero-order chi connectivity index (χ0) is 17.1. The fourth-order valence-corrected chi connectivity index (χ4v) is 3.13. The summed E-state index contributed by atoms with van der Waals surface area (Å²) in [5.74, 6) is 3.29. The number of pyridine rings is 1. The average Bonchev–Trinajstić information content (AvgIpc) is 3.35. The van der Waals surface area contributed by atoms with Gasteiger partial charge in [-0.2, -0.15) is 4.98 Å². The van der Waals surface area contributed by atoms with Crippen LogP contribution in [0.15, 0.2) is 45.5 Å². The number of hydrogen-bond acceptors (Lipinski definition) is 7. The number of nitrogens with one attached hydrogen (secondary N) is 1. The molecule has 1 unspecified atom stereocenters. The van der Waals surface area contributed by atoms with Gasteiger partial charge in [-0.15, -0.1) is 0 Å². The third-order valence-electron chi connectivity index (χ3n) is 4.40. The van der Waals surface area contributed by atoms with E-state index in [9.17, 15) is 0 Å². The molecule has 0 aliphatic carbocycles. The van der Waals surface area contributed by atoms with E-state index in [1.54, 1.807) is 6.26 Å². The van der Waals surface area contributed by atoms with Crippen LogP contribution in [0.3, 0.4) is 0 Å². The van der Waals surface area contributed by atoms with E-state index in [0.717, 1.165) is 37.6 Å². The van der Waals surface area contributed by atoms with Gasteiger partial charge in [0, 0.05) is 18.8 Å². The molecule has 1 fully saturated rings. The molecule has 1 atom stereocenters. The predicted octanol–water partition coefficient (Wildman–Crippen LogP) is 2.97. The van der Waals surface area contributed by atoms with Gasteiger partial charge in [0.2, 0.25) is 11.7 Å². The Bertz CT molecular complexity index is 815. The van der Waals surface area contributed by atoms with Gasteiger partial charge in [0.1, 0.15) is 5.82 Å². The molecule has 1 aliphatic rings. The fourth-order valence-electron chi connectivity index (χ4n) is 3.13. The van der Waals surface area contributed by atoms with Gasteiger partial charge >= 0.3 is 0 Å². The van der Waals surface area contributed by atoms with Crippen LogP contribution in [0.25, 0.3) is 11.6 Å². The summed E-state index contributed by atoms with van der Waals surface area (Å²) in [6.07, 6.45) is 2.75. The zero-order valence-electron chi connectivity index (χ0n) is 14.2. The van der Waals surface area contributed by atoms with E-state index in [0.29, 0.717) is 29.9 Å². The lowest BCUT2D eigenvalue weighted by Gasteiger charge is -2.14. The second kappa shape index (κ2) is 7.06. The second-order valence-electron chi connectivity index (χ2n) is 6.42. The van der Waals surface area contributed by atoms with E-state index in [1.807, 2.05) is 37.3 Å². The zero-order valence-corrected chi connectivity index (χ0v) is 14.2. The first kappa shape index (κ1) is 15.8. The van der Waals surface area contributed by atoms with Crippen LogP contribution < -0.4 is 5.32 Å². The number of rotatable bonds is 6. The number of furan rings is 1. The summed E-state index contributed by atoms with van der Waals surface area (Å²) < 4.78 is 10.6. The summed E-state index contributed by atoms with van der Waals surface area (Å²) in [5.41, 5.74) is 1.03. The van der Waals surface area contributed by atoms with E-state index in [2.05, 4.69) is 25.3 Å². The minimum Gasteiger partial charge on any atom is -0.461 e. The first-order chi connectivity index (χ1) is 12.3. The molecule has 3 aromatic heterocycles. The van der Waals surface area contributed by atoms with Gasteiger partial charge in [-0.1, -0.05) is 11.2 Å². The lowest BCUT2D eigenvalue weighted by molar-refractivity contribution is 0.261. The Hall–Kier alpha value is -2.67. The van der Waals surface area contributed by atoms with E-state index in [-0.39, 0.29) is 0 Å². The normalized spacial score (nSPS) is 17.9. The van der Waals surface area contributed by atoms with Crippen molar-refractivity contribution in [2.75, 3.05) is 25.0 Å². The van der Waals surface area contributed by atoms with Crippen LogP contribution in [0.2, 0.25) is 0 Å². The molecule has 0 bridgehead atoms. The molecule has 3 aromatic rings. The number of hydrogen-bond donors (Lipinski definition) is 1. The monoisotopic (exact) mass is 339 g/mol. The van der Waals surface area contributed by atoms with Crippen molar-refractivity contribution in [3.8, 4) is 11.6 Å². The van der Waals surface area contributed by atoms with E-state index in [4.69, 9.17) is 8.94 Å². The third kappa shape index (κ3) is 3.88. The maximum Gasteiger partial charge on any atom is 0.241 e. The highest BCUT2D eigenvalue weighted by Crippen LogP contribution is 2.21. The van der Waals surface area contributed by atoms with Crippen molar-refractivity contribution in [3.63, 3.8) is 0 Å². The molecule has 0 radical (unpaired) electrons. The van der Waals surface area contributed by atoms with Crippen molar-refractivity contribution in [1.82, 2.24) is 20.0 Å². The van der Waals surface area contributed by atoms with Crippen LogP contribution in [-0.2, 0) is 6.54 Å². The minimum absolute atomic E-state index is 0.503. The Kier molecular flexibility index (Phi) is 4.47. The number of aromatic nitrogens is 3. The van der Waals surface area contributed by atoms with Crippen molar-refractivity contribution in [2.45, 2.75) is 19.9 Å². The average molecular weight is 339 g/mol. The van der Waals surface area contributed by atoms with Crippen molar-refractivity contribution in [2.24, 2.45) is 5.92 Å². The van der Waals surface area contributed by atoms with Crippen LogP contribution >= 0.6 is 0 Å². The summed E-state index contributed by atoms with van der Waals surface area (Å²) in [7, 11) is 0. The summed E-state index contributed by atoms with van der Waals surface area (Å²) in [4.78, 5) is 11.2. The Labute approximate surface area is 146 Å². The molecule has 4 heterocycles. The molecule has 0 saturated carbocycles. The largest absolute Gasteiger partial charge is 0.461 e. The maximum absolute atomic E-state index is 5.34. The molecular weight excluding hydrogens is 318 g/mol. The standard InChI is InChI=1S/C18H21N5O2/c1-13-4-2-6-16(20-13)19-10-14-7-8-23(11-14)12-17-21-18(22-25-17)15-5-3-9-24-15/h2-6,9,14H,7-8,10-12H2,1H3,(H,19,20). The molecule has 7 heteroatoms. The molecule has 25 heavy (non-hydrogen) atoms. The van der Waals surface area contributed by atoms with E-state index in [1.165, 1.54) is 0 Å². The number of nitrogens with zero attached hydrogens (tertiary/aromatic N) is 4. The highest BCUT2D eigenvalue weighted by molar-refractivity contribution is 5.44. The smallest absolute Gasteiger partial charge is 0.241 e. The van der Waals surface area contributed by atoms with Crippen LogP contribution in [0.5, 0.6) is 0 Å². The Morgan fingerprint density at radius 2 is 2.20 bits per heavy atom. The number of aryl methyl sites for hydroxylation is 1. The predicted molar refractivity (Wildman–Crippen MR) is 92.8 cm³/mol. The van der Waals surface area contributed by atoms with Gasteiger partial charge in [0.05, 0.1) is 12.8 Å². The molecule has 130 valence electrons. The van der Waals surface area contributed by atoms with Crippen LogP contribution in [-0.4, -0.2) is 39.7 Å². The number of anilines is 1. The first-order valence-electron chi connectivity index (χ1n) is 8.52. The molecular formula is C18H21N5O2. The van der Waals surface area contributed by atoms with E-state index >= 15 is 0 Å². The topological polar surface area (TPSA) is 80.2 Å². The number of likely N-dealkylation sites (tertiary alicyclic amines) is 1. The van der Waals surface area contributed by atoms with Gasteiger partial charge in [-0.3, -0.25) is 4.90 Å². The molecule has 4 rings (SSSR count). The van der Waals surface area contributed by atoms with E-state index < -0.39 is 0 Å². The highest BCUT2D eigenvalue weighted by Gasteiger charge is 2.24. The molecule has 7 nitrogen and oxygen atoms in total. The Morgan fingerprint density at radius 1 is 1.24 bits per heavy atom. The van der Waals surface area contributed by atoms with Gasteiger partial charge < -0.3 is 14.3 Å². The Morgan fingerprint density at radius 3 is 3.04 bits per heavy atom. The third-order valence-corrected chi connectivity index (χ3v) is 4.40. The van der Waals surface area contributed by atoms with Crippen LogP contribution in [0.4, 0.5) is 5.82 Å². The molecule has 1 N–H and O–H groups in total. The quantitative estimate of drug-likeness (QED) is 0.739. The van der Waals surface area contributed by atoms with Crippen molar-refractivity contribution in [1.29, 1.82) is 0 Å². The fraction of sp³-hybridized carbons (Fsp3) is 0.389. The highest BCUT2D eigenvalue weighted by atomic mass is 16.5. The molecule has 1 aliphatic heterocycles. The second-order valence-corrected chi connectivity index (χ2v) is 6.42. The minimum atomic E-state index is 0.503. The van der Waals surface area contributed by atoms with Gasteiger partial charge in [-0.05, 0) is 50.1 Å².